The Morgan fingerprint density at radius 3 is 2.37 bits per heavy atom. The van der Waals surface area contributed by atoms with Crippen LogP contribution in [0.5, 0.6) is 5.75 Å². The first-order chi connectivity index (χ1) is 14.4. The number of rotatable bonds is 9. The van der Waals surface area contributed by atoms with E-state index in [1.807, 2.05) is 54.6 Å². The molecule has 2 aromatic rings. The molecule has 7 heteroatoms. The molecule has 0 saturated carbocycles. The zero-order valence-electron chi connectivity index (χ0n) is 17.3. The zero-order chi connectivity index (χ0) is 21.6. The molecular formula is C23H27N3O4. The Balaban J connectivity index is 1.50. The quantitative estimate of drug-likeness (QED) is 0.622. The number of urea groups is 1. The molecule has 1 atom stereocenters. The fraction of sp³-hybridized carbons (Fsp3) is 0.348. The number of benzene rings is 2. The number of aryl methyl sites for hydroxylation is 1. The lowest BCUT2D eigenvalue weighted by atomic mass is 9.93. The maximum Gasteiger partial charge on any atom is 0.325 e. The second kappa shape index (κ2) is 9.43. The van der Waals surface area contributed by atoms with Gasteiger partial charge in [0.05, 0.1) is 7.11 Å². The SMILES string of the molecule is COc1ccc(CC[C@@]2(C)NC(=O)N(CC(=O)NCCc3ccccc3)C2=O)cc1. The lowest BCUT2D eigenvalue weighted by Crippen LogP contribution is -2.45. The Kier molecular flexibility index (Phi) is 6.72. The van der Waals surface area contributed by atoms with Crippen molar-refractivity contribution < 1.29 is 19.1 Å². The number of ether oxygens (including phenoxy) is 1. The monoisotopic (exact) mass is 409 g/mol. The van der Waals surface area contributed by atoms with Crippen LogP contribution in [0.15, 0.2) is 54.6 Å². The normalized spacial score (nSPS) is 18.3. The van der Waals surface area contributed by atoms with Gasteiger partial charge in [0.15, 0.2) is 0 Å². The number of nitrogens with one attached hydrogen (secondary N) is 2. The molecule has 0 unspecified atom stereocenters. The van der Waals surface area contributed by atoms with Crippen molar-refractivity contribution in [3.63, 3.8) is 0 Å². The lowest BCUT2D eigenvalue weighted by Gasteiger charge is -2.21. The standard InChI is InChI=1S/C23H27N3O4/c1-23(14-12-18-8-10-19(30-2)11-9-18)21(28)26(22(29)25-23)16-20(27)24-15-13-17-6-4-3-5-7-17/h3-11H,12-16H2,1-2H3,(H,24,27)(H,25,29)/t23-/m1/s1. The smallest absolute Gasteiger partial charge is 0.325 e. The maximum atomic E-state index is 12.8. The van der Waals surface area contributed by atoms with Gasteiger partial charge in [0, 0.05) is 6.54 Å². The number of carbonyl (C=O) groups is 3. The van der Waals surface area contributed by atoms with E-state index < -0.39 is 11.6 Å². The minimum absolute atomic E-state index is 0.280. The summed E-state index contributed by atoms with van der Waals surface area (Å²) in [5.74, 6) is 0.0349. The molecule has 1 fully saturated rings. The molecule has 3 rings (SSSR count). The highest BCUT2D eigenvalue weighted by Gasteiger charge is 2.47. The van der Waals surface area contributed by atoms with Crippen molar-refractivity contribution in [3.05, 3.63) is 65.7 Å². The van der Waals surface area contributed by atoms with Gasteiger partial charge >= 0.3 is 6.03 Å². The number of methoxy groups -OCH3 is 1. The average molecular weight is 409 g/mol. The third-order valence-corrected chi connectivity index (χ3v) is 5.30. The van der Waals surface area contributed by atoms with Crippen molar-refractivity contribution >= 4 is 17.8 Å². The van der Waals surface area contributed by atoms with Crippen LogP contribution in [0.3, 0.4) is 0 Å². The highest BCUT2D eigenvalue weighted by molar-refractivity contribution is 6.08. The summed E-state index contributed by atoms with van der Waals surface area (Å²) < 4.78 is 5.15. The van der Waals surface area contributed by atoms with Gasteiger partial charge < -0.3 is 15.4 Å². The molecule has 1 heterocycles. The molecule has 0 spiro atoms. The lowest BCUT2D eigenvalue weighted by molar-refractivity contribution is -0.134. The van der Waals surface area contributed by atoms with Crippen LogP contribution < -0.4 is 15.4 Å². The van der Waals surface area contributed by atoms with E-state index in [1.165, 1.54) is 0 Å². The summed E-state index contributed by atoms with van der Waals surface area (Å²) in [4.78, 5) is 38.4. The second-order valence-electron chi connectivity index (χ2n) is 7.59. The van der Waals surface area contributed by atoms with Gasteiger partial charge in [-0.05, 0) is 49.4 Å². The summed E-state index contributed by atoms with van der Waals surface area (Å²) in [6, 6.07) is 16.8. The molecule has 1 aliphatic heterocycles. The molecule has 158 valence electrons. The Bertz CT molecular complexity index is 898. The first-order valence-electron chi connectivity index (χ1n) is 9.99. The van der Waals surface area contributed by atoms with Gasteiger partial charge in [0.25, 0.3) is 5.91 Å². The number of amides is 4. The summed E-state index contributed by atoms with van der Waals surface area (Å²) >= 11 is 0. The van der Waals surface area contributed by atoms with Crippen molar-refractivity contribution in [1.29, 1.82) is 0 Å². The zero-order valence-corrected chi connectivity index (χ0v) is 17.3. The summed E-state index contributed by atoms with van der Waals surface area (Å²) in [6.45, 7) is 1.86. The third-order valence-electron chi connectivity index (χ3n) is 5.30. The first-order valence-corrected chi connectivity index (χ1v) is 9.99. The Hall–Kier alpha value is -3.35. The Morgan fingerprint density at radius 1 is 1.03 bits per heavy atom. The van der Waals surface area contributed by atoms with Crippen LogP contribution in [-0.4, -0.2) is 48.5 Å². The molecule has 2 N–H and O–H groups in total. The molecule has 0 aromatic heterocycles. The Labute approximate surface area is 176 Å². The van der Waals surface area contributed by atoms with Crippen LogP contribution in [0.1, 0.15) is 24.5 Å². The fourth-order valence-electron chi connectivity index (χ4n) is 3.44. The van der Waals surface area contributed by atoms with Crippen molar-refractivity contribution in [1.82, 2.24) is 15.5 Å². The van der Waals surface area contributed by atoms with Gasteiger partial charge in [-0.3, -0.25) is 14.5 Å². The van der Waals surface area contributed by atoms with Crippen molar-refractivity contribution in [2.75, 3.05) is 20.2 Å². The van der Waals surface area contributed by atoms with E-state index in [9.17, 15) is 14.4 Å². The summed E-state index contributed by atoms with van der Waals surface area (Å²) in [5, 5.41) is 5.51. The number of hydrogen-bond acceptors (Lipinski definition) is 4. The molecule has 0 aliphatic carbocycles. The first kappa shape index (κ1) is 21.4. The summed E-state index contributed by atoms with van der Waals surface area (Å²) in [5.41, 5.74) is 1.12. The maximum absolute atomic E-state index is 12.8. The van der Waals surface area contributed by atoms with Crippen LogP contribution in [0.2, 0.25) is 0 Å². The van der Waals surface area contributed by atoms with Gasteiger partial charge in [0.1, 0.15) is 17.8 Å². The van der Waals surface area contributed by atoms with E-state index in [0.29, 0.717) is 25.8 Å². The number of carbonyl (C=O) groups excluding carboxylic acids is 3. The van der Waals surface area contributed by atoms with Gasteiger partial charge in [0.2, 0.25) is 5.91 Å². The predicted molar refractivity (Wildman–Crippen MR) is 113 cm³/mol. The van der Waals surface area contributed by atoms with E-state index >= 15 is 0 Å². The van der Waals surface area contributed by atoms with Gasteiger partial charge in [-0.2, -0.15) is 0 Å². The van der Waals surface area contributed by atoms with Gasteiger partial charge in [-0.25, -0.2) is 4.79 Å². The van der Waals surface area contributed by atoms with E-state index in [-0.39, 0.29) is 18.4 Å². The molecular weight excluding hydrogens is 382 g/mol. The predicted octanol–water partition coefficient (Wildman–Crippen LogP) is 2.30. The highest BCUT2D eigenvalue weighted by atomic mass is 16.5. The third kappa shape index (κ3) is 5.17. The minimum Gasteiger partial charge on any atom is -0.497 e. The van der Waals surface area contributed by atoms with Crippen molar-refractivity contribution in [2.45, 2.75) is 31.7 Å². The molecule has 4 amide bonds. The van der Waals surface area contributed by atoms with Crippen LogP contribution in [0.4, 0.5) is 4.79 Å². The molecule has 0 radical (unpaired) electrons. The molecule has 1 saturated heterocycles. The van der Waals surface area contributed by atoms with Crippen molar-refractivity contribution in [2.24, 2.45) is 0 Å². The number of nitrogens with zero attached hydrogens (tertiary/aromatic N) is 1. The van der Waals surface area contributed by atoms with E-state index in [0.717, 1.165) is 21.8 Å². The van der Waals surface area contributed by atoms with Crippen molar-refractivity contribution in [3.8, 4) is 5.75 Å². The minimum atomic E-state index is -1.03. The fourth-order valence-corrected chi connectivity index (χ4v) is 3.44. The molecule has 2 aromatic carbocycles. The second-order valence-corrected chi connectivity index (χ2v) is 7.59. The highest BCUT2D eigenvalue weighted by Crippen LogP contribution is 2.24. The molecule has 7 nitrogen and oxygen atoms in total. The van der Waals surface area contributed by atoms with E-state index in [1.54, 1.807) is 14.0 Å². The van der Waals surface area contributed by atoms with E-state index in [2.05, 4.69) is 10.6 Å². The Morgan fingerprint density at radius 2 is 1.70 bits per heavy atom. The van der Waals surface area contributed by atoms with Crippen LogP contribution in [-0.2, 0) is 22.4 Å². The largest absolute Gasteiger partial charge is 0.497 e. The van der Waals surface area contributed by atoms with Crippen LogP contribution >= 0.6 is 0 Å². The average Bonchev–Trinajstić information content (AvgIpc) is 2.97. The number of imide groups is 1. The van der Waals surface area contributed by atoms with Gasteiger partial charge in [-0.15, -0.1) is 0 Å². The molecule has 1 aliphatic rings. The summed E-state index contributed by atoms with van der Waals surface area (Å²) in [6.07, 6.45) is 1.74. The van der Waals surface area contributed by atoms with E-state index in [4.69, 9.17) is 4.74 Å². The van der Waals surface area contributed by atoms with Gasteiger partial charge in [-0.1, -0.05) is 42.5 Å². The molecule has 30 heavy (non-hydrogen) atoms. The number of hydrogen-bond donors (Lipinski definition) is 2. The van der Waals surface area contributed by atoms with Crippen LogP contribution in [0, 0.1) is 0 Å². The summed E-state index contributed by atoms with van der Waals surface area (Å²) in [7, 11) is 1.61. The molecule has 0 bridgehead atoms. The van der Waals surface area contributed by atoms with Crippen LogP contribution in [0.25, 0.3) is 0 Å². The topological polar surface area (TPSA) is 87.7 Å².